The molecule has 0 atom stereocenters. The molecule has 19 heavy (non-hydrogen) atoms. The van der Waals surface area contributed by atoms with Gasteiger partial charge in [0.15, 0.2) is 0 Å². The number of hydrogen-bond donors (Lipinski definition) is 3. The van der Waals surface area contributed by atoms with Gasteiger partial charge in [-0.05, 0) is 38.0 Å². The number of aliphatic hydroxyl groups excluding tert-OH is 1. The zero-order valence-electron chi connectivity index (χ0n) is 11.4. The van der Waals surface area contributed by atoms with Crippen LogP contribution < -0.4 is 16.0 Å². The molecule has 0 fully saturated rings. The van der Waals surface area contributed by atoms with E-state index in [1.807, 2.05) is 12.1 Å². The van der Waals surface area contributed by atoms with Gasteiger partial charge in [0.1, 0.15) is 0 Å². The van der Waals surface area contributed by atoms with E-state index in [-0.39, 0.29) is 18.6 Å². The smallest absolute Gasteiger partial charge is 0.224 e. The van der Waals surface area contributed by atoms with Crippen molar-refractivity contribution >= 4 is 23.0 Å². The molecule has 0 aliphatic carbocycles. The van der Waals surface area contributed by atoms with E-state index in [4.69, 9.17) is 5.73 Å². The third kappa shape index (κ3) is 2.81. The van der Waals surface area contributed by atoms with Crippen LogP contribution in [0.2, 0.25) is 0 Å². The lowest BCUT2D eigenvalue weighted by Gasteiger charge is -2.31. The highest BCUT2D eigenvalue weighted by atomic mass is 16.3. The minimum atomic E-state index is 0.0377. The average Bonchev–Trinajstić information content (AvgIpc) is 2.35. The number of nitrogen functional groups attached to an aromatic ring is 1. The molecule has 1 heterocycles. The third-order valence-electron chi connectivity index (χ3n) is 3.42. The van der Waals surface area contributed by atoms with Gasteiger partial charge in [-0.25, -0.2) is 0 Å². The van der Waals surface area contributed by atoms with Crippen LogP contribution >= 0.6 is 0 Å². The number of hydrogen-bond acceptors (Lipinski definition) is 4. The van der Waals surface area contributed by atoms with Crippen molar-refractivity contribution in [3.05, 3.63) is 17.7 Å². The molecule has 0 bridgehead atoms. The number of anilines is 3. The van der Waals surface area contributed by atoms with Gasteiger partial charge in [-0.2, -0.15) is 0 Å². The number of nitrogens with two attached hydrogens (primary N) is 1. The highest BCUT2D eigenvalue weighted by molar-refractivity contribution is 5.95. The fourth-order valence-corrected chi connectivity index (χ4v) is 2.45. The summed E-state index contributed by atoms with van der Waals surface area (Å²) in [4.78, 5) is 13.4. The maximum absolute atomic E-state index is 11.4. The fraction of sp³-hybridized carbons (Fsp3) is 0.500. The number of aliphatic hydroxyl groups is 1. The van der Waals surface area contributed by atoms with Crippen molar-refractivity contribution in [3.8, 4) is 0 Å². The Morgan fingerprint density at radius 1 is 1.42 bits per heavy atom. The lowest BCUT2D eigenvalue weighted by atomic mass is 10.0. The fourth-order valence-electron chi connectivity index (χ4n) is 2.45. The molecular formula is C14H21N3O2. The Morgan fingerprint density at radius 2 is 2.16 bits per heavy atom. The molecule has 0 saturated heterocycles. The molecule has 1 amide bonds. The van der Waals surface area contributed by atoms with Gasteiger partial charge in [0, 0.05) is 24.7 Å². The maximum atomic E-state index is 11.4. The molecule has 1 aromatic rings. The number of aryl methyl sites for hydroxylation is 1. The summed E-state index contributed by atoms with van der Waals surface area (Å²) in [6.07, 6.45) is 1.25. The second-order valence-electron chi connectivity index (χ2n) is 5.13. The summed E-state index contributed by atoms with van der Waals surface area (Å²) >= 11 is 0. The van der Waals surface area contributed by atoms with E-state index in [2.05, 4.69) is 24.1 Å². The van der Waals surface area contributed by atoms with Gasteiger partial charge in [0.2, 0.25) is 5.91 Å². The lowest BCUT2D eigenvalue weighted by molar-refractivity contribution is -0.116. The number of rotatable bonds is 4. The number of nitrogens with zero attached hydrogens (tertiary/aromatic N) is 1. The van der Waals surface area contributed by atoms with E-state index in [9.17, 15) is 9.90 Å². The Hall–Kier alpha value is -1.75. The molecule has 1 aromatic carbocycles. The largest absolute Gasteiger partial charge is 0.397 e. The minimum Gasteiger partial charge on any atom is -0.397 e. The first-order chi connectivity index (χ1) is 9.02. The standard InChI is InChI=1S/C14H21N3O2/c1-9(2)17(5-6-18)13-7-10-3-4-14(19)16-12(10)8-11(13)15/h7-9,18H,3-6,15H2,1-2H3,(H,16,19). The van der Waals surface area contributed by atoms with E-state index < -0.39 is 0 Å². The van der Waals surface area contributed by atoms with Crippen molar-refractivity contribution < 1.29 is 9.90 Å². The highest BCUT2D eigenvalue weighted by Gasteiger charge is 2.20. The van der Waals surface area contributed by atoms with Crippen molar-refractivity contribution in [1.29, 1.82) is 0 Å². The molecule has 5 nitrogen and oxygen atoms in total. The number of amides is 1. The van der Waals surface area contributed by atoms with Crippen LogP contribution in [0, 0.1) is 0 Å². The summed E-state index contributed by atoms with van der Waals surface area (Å²) in [7, 11) is 0. The summed E-state index contributed by atoms with van der Waals surface area (Å²) in [6.45, 7) is 4.77. The summed E-state index contributed by atoms with van der Waals surface area (Å²) in [5.74, 6) is 0.0377. The first kappa shape index (κ1) is 13.7. The summed E-state index contributed by atoms with van der Waals surface area (Å²) in [6, 6.07) is 4.10. The lowest BCUT2D eigenvalue weighted by Crippen LogP contribution is -2.34. The molecule has 2 rings (SSSR count). The van der Waals surface area contributed by atoms with E-state index in [1.54, 1.807) is 0 Å². The van der Waals surface area contributed by atoms with E-state index >= 15 is 0 Å². The van der Waals surface area contributed by atoms with Crippen LogP contribution in [0.15, 0.2) is 12.1 Å². The number of carbonyl (C=O) groups excluding carboxylic acids is 1. The second kappa shape index (κ2) is 5.48. The van der Waals surface area contributed by atoms with Crippen molar-refractivity contribution in [2.75, 3.05) is 29.1 Å². The molecule has 0 aromatic heterocycles. The molecule has 0 unspecified atom stereocenters. The highest BCUT2D eigenvalue weighted by Crippen LogP contribution is 2.33. The Balaban J connectivity index is 2.38. The molecule has 104 valence electrons. The Labute approximate surface area is 113 Å². The van der Waals surface area contributed by atoms with Crippen molar-refractivity contribution in [3.63, 3.8) is 0 Å². The van der Waals surface area contributed by atoms with Gasteiger partial charge in [-0.3, -0.25) is 4.79 Å². The summed E-state index contributed by atoms with van der Waals surface area (Å²) < 4.78 is 0. The topological polar surface area (TPSA) is 78.6 Å². The number of fused-ring (bicyclic) bond motifs is 1. The third-order valence-corrected chi connectivity index (χ3v) is 3.42. The zero-order chi connectivity index (χ0) is 14.0. The van der Waals surface area contributed by atoms with Gasteiger partial charge >= 0.3 is 0 Å². The second-order valence-corrected chi connectivity index (χ2v) is 5.13. The predicted molar refractivity (Wildman–Crippen MR) is 77.4 cm³/mol. The summed E-state index contributed by atoms with van der Waals surface area (Å²) in [5.41, 5.74) is 9.56. The number of carbonyl (C=O) groups is 1. The van der Waals surface area contributed by atoms with Crippen LogP contribution in [0.1, 0.15) is 25.8 Å². The maximum Gasteiger partial charge on any atom is 0.224 e. The van der Waals surface area contributed by atoms with Gasteiger partial charge < -0.3 is 21.1 Å². The minimum absolute atomic E-state index is 0.0377. The molecular weight excluding hydrogens is 242 g/mol. The van der Waals surface area contributed by atoms with Crippen LogP contribution in [-0.2, 0) is 11.2 Å². The quantitative estimate of drug-likeness (QED) is 0.717. The Kier molecular flexibility index (Phi) is 3.95. The normalized spacial score (nSPS) is 14.2. The van der Waals surface area contributed by atoms with Crippen LogP contribution in [0.3, 0.4) is 0 Å². The predicted octanol–water partition coefficient (Wildman–Crippen LogP) is 1.36. The van der Waals surface area contributed by atoms with E-state index in [0.717, 1.165) is 23.4 Å². The van der Waals surface area contributed by atoms with Gasteiger partial charge in [0.05, 0.1) is 18.0 Å². The van der Waals surface area contributed by atoms with Gasteiger partial charge in [0.25, 0.3) is 0 Å². The monoisotopic (exact) mass is 263 g/mol. The first-order valence-corrected chi connectivity index (χ1v) is 6.62. The van der Waals surface area contributed by atoms with Crippen LogP contribution in [0.5, 0.6) is 0 Å². The summed E-state index contributed by atoms with van der Waals surface area (Å²) in [5, 5.41) is 12.0. The molecule has 0 saturated carbocycles. The van der Waals surface area contributed by atoms with Gasteiger partial charge in [-0.1, -0.05) is 0 Å². The van der Waals surface area contributed by atoms with E-state index in [0.29, 0.717) is 18.7 Å². The van der Waals surface area contributed by atoms with Crippen LogP contribution in [-0.4, -0.2) is 30.2 Å². The molecule has 0 radical (unpaired) electrons. The zero-order valence-corrected chi connectivity index (χ0v) is 11.4. The van der Waals surface area contributed by atoms with Crippen LogP contribution in [0.4, 0.5) is 17.1 Å². The number of benzene rings is 1. The average molecular weight is 263 g/mol. The number of nitrogens with one attached hydrogen (secondary N) is 1. The Morgan fingerprint density at radius 3 is 2.79 bits per heavy atom. The molecule has 1 aliphatic heterocycles. The van der Waals surface area contributed by atoms with Crippen molar-refractivity contribution in [2.24, 2.45) is 0 Å². The van der Waals surface area contributed by atoms with Crippen molar-refractivity contribution in [1.82, 2.24) is 0 Å². The molecule has 1 aliphatic rings. The molecule has 5 heteroatoms. The molecule has 4 N–H and O–H groups in total. The SMILES string of the molecule is CC(C)N(CCO)c1cc2c(cc1N)NC(=O)CC2. The van der Waals surface area contributed by atoms with Crippen LogP contribution in [0.25, 0.3) is 0 Å². The molecule has 0 spiro atoms. The van der Waals surface area contributed by atoms with E-state index in [1.165, 1.54) is 0 Å². The Bertz CT molecular complexity index is 486. The first-order valence-electron chi connectivity index (χ1n) is 6.62. The van der Waals surface area contributed by atoms with Gasteiger partial charge in [-0.15, -0.1) is 0 Å². The van der Waals surface area contributed by atoms with Crippen molar-refractivity contribution in [2.45, 2.75) is 32.7 Å².